The van der Waals surface area contributed by atoms with E-state index in [4.69, 9.17) is 4.74 Å². The van der Waals surface area contributed by atoms with E-state index in [0.717, 1.165) is 22.9 Å². The van der Waals surface area contributed by atoms with Gasteiger partial charge in [0.1, 0.15) is 5.75 Å². The number of carbonyl (C=O) groups is 1. The van der Waals surface area contributed by atoms with Gasteiger partial charge in [-0.3, -0.25) is 4.79 Å². The van der Waals surface area contributed by atoms with Gasteiger partial charge in [-0.25, -0.2) is 4.98 Å². The molecule has 0 saturated carbocycles. The molecule has 0 atom stereocenters. The number of benzene rings is 1. The first-order chi connectivity index (χ1) is 9.74. The lowest BCUT2D eigenvalue weighted by Gasteiger charge is -2.06. The Morgan fingerprint density at radius 3 is 2.85 bits per heavy atom. The van der Waals surface area contributed by atoms with Crippen molar-refractivity contribution in [3.05, 3.63) is 46.4 Å². The van der Waals surface area contributed by atoms with Crippen LogP contribution < -0.4 is 10.1 Å². The number of aryl methyl sites for hydroxylation is 1. The maximum Gasteiger partial charge on any atom is 0.226 e. The van der Waals surface area contributed by atoms with E-state index in [1.54, 1.807) is 11.3 Å². The van der Waals surface area contributed by atoms with Gasteiger partial charge in [-0.05, 0) is 25.5 Å². The standard InChI is InChI=1S/C15H18N2O2S/c1-12-17-13(11-20-12)10-15(18)16-8-5-9-19-14-6-3-2-4-7-14/h2-4,6-7,11H,5,8-10H2,1H3,(H,16,18). The summed E-state index contributed by atoms with van der Waals surface area (Å²) in [5, 5.41) is 5.79. The summed E-state index contributed by atoms with van der Waals surface area (Å²) < 4.78 is 5.55. The molecule has 1 N–H and O–H groups in total. The van der Waals surface area contributed by atoms with Crippen LogP contribution in [0.25, 0.3) is 0 Å². The molecule has 0 saturated heterocycles. The largest absolute Gasteiger partial charge is 0.494 e. The van der Waals surface area contributed by atoms with Gasteiger partial charge in [-0.15, -0.1) is 11.3 Å². The fourth-order valence-electron chi connectivity index (χ4n) is 1.72. The summed E-state index contributed by atoms with van der Waals surface area (Å²) in [6.07, 6.45) is 1.14. The molecule has 4 nitrogen and oxygen atoms in total. The number of aromatic nitrogens is 1. The van der Waals surface area contributed by atoms with E-state index < -0.39 is 0 Å². The third kappa shape index (κ3) is 5.01. The number of para-hydroxylation sites is 1. The van der Waals surface area contributed by atoms with E-state index in [9.17, 15) is 4.79 Å². The van der Waals surface area contributed by atoms with Gasteiger partial charge in [0.15, 0.2) is 0 Å². The number of thiazole rings is 1. The smallest absolute Gasteiger partial charge is 0.226 e. The van der Waals surface area contributed by atoms with Crippen LogP contribution in [0.1, 0.15) is 17.1 Å². The highest BCUT2D eigenvalue weighted by atomic mass is 32.1. The van der Waals surface area contributed by atoms with Gasteiger partial charge in [0.25, 0.3) is 0 Å². The fourth-order valence-corrected chi connectivity index (χ4v) is 2.34. The number of hydrogen-bond acceptors (Lipinski definition) is 4. The SMILES string of the molecule is Cc1nc(CC(=O)NCCCOc2ccccc2)cs1. The van der Waals surface area contributed by atoms with Crippen LogP contribution >= 0.6 is 11.3 Å². The molecule has 0 aliphatic heterocycles. The maximum atomic E-state index is 11.7. The summed E-state index contributed by atoms with van der Waals surface area (Å²) in [5.74, 6) is 0.867. The first-order valence-corrected chi connectivity index (χ1v) is 7.47. The van der Waals surface area contributed by atoms with Crippen LogP contribution in [0, 0.1) is 6.92 Å². The zero-order valence-electron chi connectivity index (χ0n) is 11.5. The Kier molecular flexibility index (Phi) is 5.55. The number of hydrogen-bond donors (Lipinski definition) is 1. The molecule has 0 bridgehead atoms. The Labute approximate surface area is 122 Å². The molecular weight excluding hydrogens is 272 g/mol. The second-order valence-corrected chi connectivity index (χ2v) is 5.46. The molecule has 20 heavy (non-hydrogen) atoms. The number of ether oxygens (including phenoxy) is 1. The minimum absolute atomic E-state index is 0.00927. The predicted octanol–water partition coefficient (Wildman–Crippen LogP) is 2.58. The number of carbonyl (C=O) groups excluding carboxylic acids is 1. The third-order valence-corrected chi connectivity index (χ3v) is 3.49. The van der Waals surface area contributed by atoms with Crippen molar-refractivity contribution < 1.29 is 9.53 Å². The van der Waals surface area contributed by atoms with E-state index in [-0.39, 0.29) is 5.91 Å². The van der Waals surface area contributed by atoms with Crippen molar-refractivity contribution in [2.75, 3.05) is 13.2 Å². The highest BCUT2D eigenvalue weighted by Crippen LogP contribution is 2.09. The van der Waals surface area contributed by atoms with E-state index in [1.807, 2.05) is 42.6 Å². The van der Waals surface area contributed by atoms with Crippen LogP contribution in [0.15, 0.2) is 35.7 Å². The molecule has 5 heteroatoms. The van der Waals surface area contributed by atoms with Crippen LogP contribution in [0.3, 0.4) is 0 Å². The second kappa shape index (κ2) is 7.65. The number of nitrogens with one attached hydrogen (secondary N) is 1. The molecular formula is C15H18N2O2S. The van der Waals surface area contributed by atoms with Crippen LogP contribution in [-0.2, 0) is 11.2 Å². The molecule has 0 spiro atoms. The van der Waals surface area contributed by atoms with Gasteiger partial charge in [0, 0.05) is 11.9 Å². The molecule has 2 aromatic rings. The fraction of sp³-hybridized carbons (Fsp3) is 0.333. The lowest BCUT2D eigenvalue weighted by atomic mass is 10.3. The van der Waals surface area contributed by atoms with E-state index in [2.05, 4.69) is 10.3 Å². The normalized spacial score (nSPS) is 10.2. The topological polar surface area (TPSA) is 51.2 Å². The van der Waals surface area contributed by atoms with Crippen LogP contribution in [0.2, 0.25) is 0 Å². The van der Waals surface area contributed by atoms with Crippen molar-refractivity contribution in [3.63, 3.8) is 0 Å². The van der Waals surface area contributed by atoms with Crippen LogP contribution in [0.5, 0.6) is 5.75 Å². The van der Waals surface area contributed by atoms with Gasteiger partial charge >= 0.3 is 0 Å². The zero-order valence-corrected chi connectivity index (χ0v) is 12.3. The average molecular weight is 290 g/mol. The molecule has 106 valence electrons. The molecule has 0 fully saturated rings. The van der Waals surface area contributed by atoms with E-state index in [1.165, 1.54) is 0 Å². The van der Waals surface area contributed by atoms with E-state index in [0.29, 0.717) is 19.6 Å². The van der Waals surface area contributed by atoms with Crippen molar-refractivity contribution in [2.45, 2.75) is 19.8 Å². The highest BCUT2D eigenvalue weighted by molar-refractivity contribution is 7.09. The molecule has 1 heterocycles. The minimum atomic E-state index is 0.00927. The van der Waals surface area contributed by atoms with Gasteiger partial charge < -0.3 is 10.1 Å². The second-order valence-electron chi connectivity index (χ2n) is 4.40. The third-order valence-electron chi connectivity index (χ3n) is 2.66. The monoisotopic (exact) mass is 290 g/mol. The molecule has 0 unspecified atom stereocenters. The van der Waals surface area contributed by atoms with Gasteiger partial charge in [0.05, 0.1) is 23.7 Å². The Hall–Kier alpha value is -1.88. The van der Waals surface area contributed by atoms with Crippen molar-refractivity contribution in [2.24, 2.45) is 0 Å². The van der Waals surface area contributed by atoms with Crippen LogP contribution in [-0.4, -0.2) is 24.0 Å². The van der Waals surface area contributed by atoms with Crippen molar-refractivity contribution >= 4 is 17.2 Å². The summed E-state index contributed by atoms with van der Waals surface area (Å²) >= 11 is 1.56. The van der Waals surface area contributed by atoms with Crippen molar-refractivity contribution in [1.29, 1.82) is 0 Å². The van der Waals surface area contributed by atoms with Crippen molar-refractivity contribution in [1.82, 2.24) is 10.3 Å². The number of rotatable bonds is 7. The Bertz CT molecular complexity index is 540. The van der Waals surface area contributed by atoms with Crippen LogP contribution in [0.4, 0.5) is 0 Å². The lowest BCUT2D eigenvalue weighted by molar-refractivity contribution is -0.120. The first kappa shape index (κ1) is 14.5. The molecule has 0 aliphatic rings. The molecule has 1 aromatic carbocycles. The van der Waals surface area contributed by atoms with Gasteiger partial charge in [0.2, 0.25) is 5.91 Å². The first-order valence-electron chi connectivity index (χ1n) is 6.59. The van der Waals surface area contributed by atoms with Gasteiger partial charge in [-0.1, -0.05) is 18.2 Å². The Morgan fingerprint density at radius 1 is 1.35 bits per heavy atom. The molecule has 1 amide bonds. The lowest BCUT2D eigenvalue weighted by Crippen LogP contribution is -2.27. The summed E-state index contributed by atoms with van der Waals surface area (Å²) in [5.41, 5.74) is 0.838. The predicted molar refractivity (Wildman–Crippen MR) is 80.1 cm³/mol. The summed E-state index contributed by atoms with van der Waals surface area (Å²) in [7, 11) is 0. The van der Waals surface area contributed by atoms with Crippen molar-refractivity contribution in [3.8, 4) is 5.75 Å². The summed E-state index contributed by atoms with van der Waals surface area (Å²) in [6, 6.07) is 9.67. The number of nitrogens with zero attached hydrogens (tertiary/aromatic N) is 1. The zero-order chi connectivity index (χ0) is 14.2. The Balaban J connectivity index is 1.58. The Morgan fingerprint density at radius 2 is 2.15 bits per heavy atom. The molecule has 0 radical (unpaired) electrons. The molecule has 1 aromatic heterocycles. The average Bonchev–Trinajstić information content (AvgIpc) is 2.85. The minimum Gasteiger partial charge on any atom is -0.494 e. The molecule has 0 aliphatic carbocycles. The summed E-state index contributed by atoms with van der Waals surface area (Å²) in [4.78, 5) is 15.9. The summed E-state index contributed by atoms with van der Waals surface area (Å²) in [6.45, 7) is 3.15. The highest BCUT2D eigenvalue weighted by Gasteiger charge is 2.05. The maximum absolute atomic E-state index is 11.7. The van der Waals surface area contributed by atoms with E-state index >= 15 is 0 Å². The number of amides is 1. The van der Waals surface area contributed by atoms with Gasteiger partial charge in [-0.2, -0.15) is 0 Å². The molecule has 2 rings (SSSR count). The quantitative estimate of drug-likeness (QED) is 0.797.